The van der Waals surface area contributed by atoms with Crippen LogP contribution in [0.1, 0.15) is 0 Å². The van der Waals surface area contributed by atoms with Crippen molar-refractivity contribution in [2.45, 2.75) is 0 Å². The highest BCUT2D eigenvalue weighted by Gasteiger charge is 2.13. The Morgan fingerprint density at radius 2 is 1.94 bits per heavy atom. The Hall–Kier alpha value is -4.37. The number of H-pyrrole nitrogens is 1. The number of fused-ring (bicyclic) bond motifs is 1. The highest BCUT2D eigenvalue weighted by molar-refractivity contribution is 6.00. The maximum absolute atomic E-state index is 11.8. The number of nitrogens with zero attached hydrogens (tertiary/aromatic N) is 2. The van der Waals surface area contributed by atoms with Crippen molar-refractivity contribution in [3.05, 3.63) is 67.5 Å². The van der Waals surface area contributed by atoms with Gasteiger partial charge < -0.3 is 30.4 Å². The molecule has 2 heterocycles. The summed E-state index contributed by atoms with van der Waals surface area (Å²) >= 11 is 0. The third-order valence-electron chi connectivity index (χ3n) is 5.12. The van der Waals surface area contributed by atoms with Gasteiger partial charge in [-0.2, -0.15) is 0 Å². The van der Waals surface area contributed by atoms with Gasteiger partial charge >= 0.3 is 0 Å². The van der Waals surface area contributed by atoms with Gasteiger partial charge in [0.05, 0.1) is 18.2 Å². The highest BCUT2D eigenvalue weighted by atomic mass is 16.5. The molecule has 2 aromatic carbocycles. The van der Waals surface area contributed by atoms with E-state index in [1.54, 1.807) is 18.2 Å². The smallest absolute Gasteiger partial charge is 0.247 e. The summed E-state index contributed by atoms with van der Waals surface area (Å²) in [5.41, 5.74) is 4.09. The number of likely N-dealkylation sites (N-methyl/N-ethyl adjacent to an activating group) is 1. The summed E-state index contributed by atoms with van der Waals surface area (Å²) in [7, 11) is 3.45. The molecule has 4 rings (SSSR count). The molecule has 174 valence electrons. The van der Waals surface area contributed by atoms with E-state index in [-0.39, 0.29) is 5.91 Å². The van der Waals surface area contributed by atoms with Crippen molar-refractivity contribution in [3.8, 4) is 28.6 Å². The zero-order valence-electron chi connectivity index (χ0n) is 19.0. The summed E-state index contributed by atoms with van der Waals surface area (Å²) in [6.07, 6.45) is 2.63. The van der Waals surface area contributed by atoms with Gasteiger partial charge in [-0.3, -0.25) is 4.79 Å². The molecule has 2 aromatic heterocycles. The number of ether oxygens (including phenoxy) is 2. The van der Waals surface area contributed by atoms with Gasteiger partial charge in [0.2, 0.25) is 11.8 Å². The van der Waals surface area contributed by atoms with Gasteiger partial charge in [0.1, 0.15) is 23.5 Å². The van der Waals surface area contributed by atoms with Crippen LogP contribution in [0, 0.1) is 0 Å². The standard InChI is InChI=1S/C25H26N6O3/c1-4-23(32)30-21-13-18(9-10-22(21)33-3)34-25-19-14-20(31-24(19)28-15-29-25)16-5-7-17(8-6-16)27-12-11-26-2/h4-10,13-15,26-27H,1,11-12H2,2-3H3,(H,30,32)(H,28,29,31). The SMILES string of the molecule is C=CC(=O)Nc1cc(Oc2ncnc3[nH]c(-c4ccc(NCCNC)cc4)cc23)ccc1OC. The molecule has 0 saturated heterocycles. The van der Waals surface area contributed by atoms with Crippen LogP contribution in [0.5, 0.6) is 17.4 Å². The molecule has 9 heteroatoms. The monoisotopic (exact) mass is 458 g/mol. The molecule has 0 bridgehead atoms. The van der Waals surface area contributed by atoms with Gasteiger partial charge in [-0.25, -0.2) is 9.97 Å². The number of carbonyl (C=O) groups is 1. The summed E-state index contributed by atoms with van der Waals surface area (Å²) in [6, 6.07) is 15.2. The molecular formula is C25H26N6O3. The number of aromatic nitrogens is 3. The van der Waals surface area contributed by atoms with E-state index in [0.29, 0.717) is 28.7 Å². The number of anilines is 2. The molecule has 9 nitrogen and oxygen atoms in total. The quantitative estimate of drug-likeness (QED) is 0.208. The second-order valence-electron chi connectivity index (χ2n) is 7.39. The number of hydrogen-bond donors (Lipinski definition) is 4. The number of hydrogen-bond acceptors (Lipinski definition) is 7. The van der Waals surface area contributed by atoms with Crippen LogP contribution in [0.4, 0.5) is 11.4 Å². The van der Waals surface area contributed by atoms with Gasteiger partial charge in [-0.15, -0.1) is 0 Å². The van der Waals surface area contributed by atoms with Crippen LogP contribution in [0.25, 0.3) is 22.3 Å². The molecule has 34 heavy (non-hydrogen) atoms. The topological polar surface area (TPSA) is 113 Å². The molecule has 0 radical (unpaired) electrons. The highest BCUT2D eigenvalue weighted by Crippen LogP contribution is 2.34. The van der Waals surface area contributed by atoms with E-state index in [0.717, 1.165) is 35.4 Å². The molecule has 0 fully saturated rings. The van der Waals surface area contributed by atoms with E-state index in [2.05, 4.69) is 37.5 Å². The number of amides is 1. The molecule has 1 amide bonds. The largest absolute Gasteiger partial charge is 0.495 e. The third-order valence-corrected chi connectivity index (χ3v) is 5.12. The minimum absolute atomic E-state index is 0.349. The van der Waals surface area contributed by atoms with Crippen LogP contribution in [-0.2, 0) is 4.79 Å². The van der Waals surface area contributed by atoms with E-state index < -0.39 is 0 Å². The zero-order valence-corrected chi connectivity index (χ0v) is 19.0. The Labute approximate surface area is 197 Å². The Balaban J connectivity index is 1.58. The number of benzene rings is 2. The predicted octanol–water partition coefficient (Wildman–Crippen LogP) is 4.18. The lowest BCUT2D eigenvalue weighted by Gasteiger charge is -2.11. The number of carbonyl (C=O) groups excluding carboxylic acids is 1. The first-order valence-corrected chi connectivity index (χ1v) is 10.7. The van der Waals surface area contributed by atoms with Crippen molar-refractivity contribution < 1.29 is 14.3 Å². The summed E-state index contributed by atoms with van der Waals surface area (Å²) in [4.78, 5) is 23.7. The first-order valence-electron chi connectivity index (χ1n) is 10.7. The number of nitrogens with one attached hydrogen (secondary N) is 4. The summed E-state index contributed by atoms with van der Waals surface area (Å²) in [5.74, 6) is 1.03. The average Bonchev–Trinajstić information content (AvgIpc) is 3.30. The first-order chi connectivity index (χ1) is 16.6. The van der Waals surface area contributed by atoms with Crippen LogP contribution in [-0.4, -0.2) is 48.1 Å². The number of aromatic amines is 1. The Morgan fingerprint density at radius 1 is 1.12 bits per heavy atom. The van der Waals surface area contributed by atoms with Gasteiger partial charge in [0, 0.05) is 30.5 Å². The predicted molar refractivity (Wildman–Crippen MR) is 134 cm³/mol. The van der Waals surface area contributed by atoms with E-state index in [1.165, 1.54) is 19.5 Å². The Bertz CT molecular complexity index is 1300. The minimum Gasteiger partial charge on any atom is -0.495 e. The van der Waals surface area contributed by atoms with Crippen molar-refractivity contribution >= 4 is 28.3 Å². The minimum atomic E-state index is -0.349. The van der Waals surface area contributed by atoms with Crippen LogP contribution < -0.4 is 25.4 Å². The van der Waals surface area contributed by atoms with Crippen molar-refractivity contribution in [1.82, 2.24) is 20.3 Å². The van der Waals surface area contributed by atoms with Crippen molar-refractivity contribution in [2.75, 3.05) is 37.9 Å². The summed E-state index contributed by atoms with van der Waals surface area (Å²) in [5, 5.41) is 9.92. The molecule has 0 atom stereocenters. The van der Waals surface area contributed by atoms with Gasteiger partial charge in [-0.1, -0.05) is 18.7 Å². The second kappa shape index (κ2) is 10.5. The summed E-state index contributed by atoms with van der Waals surface area (Å²) < 4.78 is 11.4. The van der Waals surface area contributed by atoms with Crippen LogP contribution in [0.2, 0.25) is 0 Å². The molecular weight excluding hydrogens is 432 g/mol. The fraction of sp³-hybridized carbons (Fsp3) is 0.160. The maximum atomic E-state index is 11.8. The van der Waals surface area contributed by atoms with Gasteiger partial charge in [-0.05, 0) is 49.0 Å². The van der Waals surface area contributed by atoms with Gasteiger partial charge in [0.25, 0.3) is 0 Å². The molecule has 4 aromatic rings. The number of rotatable bonds is 10. The zero-order chi connectivity index (χ0) is 23.9. The molecule has 0 spiro atoms. The van der Waals surface area contributed by atoms with Crippen molar-refractivity contribution in [1.29, 1.82) is 0 Å². The Kier molecular flexibility index (Phi) is 7.04. The lowest BCUT2D eigenvalue weighted by Crippen LogP contribution is -2.17. The molecule has 0 aliphatic rings. The Morgan fingerprint density at radius 3 is 2.68 bits per heavy atom. The second-order valence-corrected chi connectivity index (χ2v) is 7.39. The molecule has 0 saturated carbocycles. The normalized spacial score (nSPS) is 10.6. The van der Waals surface area contributed by atoms with E-state index in [9.17, 15) is 4.79 Å². The van der Waals surface area contributed by atoms with E-state index in [1.807, 2.05) is 37.4 Å². The molecule has 0 aliphatic heterocycles. The summed E-state index contributed by atoms with van der Waals surface area (Å²) in [6.45, 7) is 5.22. The fourth-order valence-electron chi connectivity index (χ4n) is 3.40. The maximum Gasteiger partial charge on any atom is 0.247 e. The van der Waals surface area contributed by atoms with Crippen molar-refractivity contribution in [3.63, 3.8) is 0 Å². The fourth-order valence-corrected chi connectivity index (χ4v) is 3.40. The van der Waals surface area contributed by atoms with Crippen molar-refractivity contribution in [2.24, 2.45) is 0 Å². The number of methoxy groups -OCH3 is 1. The van der Waals surface area contributed by atoms with Gasteiger partial charge in [0.15, 0.2) is 0 Å². The van der Waals surface area contributed by atoms with Crippen LogP contribution in [0.15, 0.2) is 67.5 Å². The first kappa shape index (κ1) is 22.8. The molecule has 0 aliphatic carbocycles. The average molecular weight is 459 g/mol. The van der Waals surface area contributed by atoms with Crippen LogP contribution >= 0.6 is 0 Å². The van der Waals surface area contributed by atoms with E-state index >= 15 is 0 Å². The van der Waals surface area contributed by atoms with E-state index in [4.69, 9.17) is 9.47 Å². The molecule has 0 unspecified atom stereocenters. The molecule has 4 N–H and O–H groups in total. The van der Waals surface area contributed by atoms with Crippen LogP contribution in [0.3, 0.4) is 0 Å². The lowest BCUT2D eigenvalue weighted by molar-refractivity contribution is -0.111. The third kappa shape index (κ3) is 5.16. The lowest BCUT2D eigenvalue weighted by atomic mass is 10.1.